The van der Waals surface area contributed by atoms with Crippen LogP contribution in [-0.2, 0) is 5.41 Å². The molecular formula is C61H56N2. The van der Waals surface area contributed by atoms with Crippen molar-refractivity contribution in [3.63, 3.8) is 0 Å². The van der Waals surface area contributed by atoms with Crippen molar-refractivity contribution >= 4 is 33.9 Å². The van der Waals surface area contributed by atoms with E-state index in [0.29, 0.717) is 0 Å². The van der Waals surface area contributed by atoms with Crippen LogP contribution in [0.1, 0.15) is 83.0 Å². The van der Waals surface area contributed by atoms with Gasteiger partial charge in [-0.25, -0.2) is 0 Å². The molecule has 0 saturated heterocycles. The summed E-state index contributed by atoms with van der Waals surface area (Å²) in [6, 6.07) is 79.3. The SMILES string of the molecule is Cc1cc(C2(c3ccc(N(C=C(c4ccccc4)c4ccccc4)c4ccccc4)c(C)c3)CCCCCC2)ccc1N(C=C(c1ccccc1)c1ccccc1)c1ccccc1. The molecule has 0 radical (unpaired) electrons. The zero-order chi connectivity index (χ0) is 42.9. The topological polar surface area (TPSA) is 6.48 Å². The van der Waals surface area contributed by atoms with Gasteiger partial charge in [0.15, 0.2) is 0 Å². The predicted molar refractivity (Wildman–Crippen MR) is 268 cm³/mol. The minimum absolute atomic E-state index is 0.0949. The van der Waals surface area contributed by atoms with Crippen molar-refractivity contribution in [2.75, 3.05) is 9.80 Å². The van der Waals surface area contributed by atoms with Gasteiger partial charge in [-0.15, -0.1) is 0 Å². The summed E-state index contributed by atoms with van der Waals surface area (Å²) in [5.41, 5.74) is 17.0. The van der Waals surface area contributed by atoms with Gasteiger partial charge in [0.25, 0.3) is 0 Å². The Hall–Kier alpha value is -7.16. The lowest BCUT2D eigenvalue weighted by molar-refractivity contribution is 0.445. The number of rotatable bonds is 12. The number of benzene rings is 8. The highest BCUT2D eigenvalue weighted by atomic mass is 15.1. The van der Waals surface area contributed by atoms with E-state index < -0.39 is 0 Å². The predicted octanol–water partition coefficient (Wildman–Crippen LogP) is 16.4. The Labute approximate surface area is 375 Å². The smallest absolute Gasteiger partial charge is 0.0485 e. The number of nitrogens with zero attached hydrogens (tertiary/aromatic N) is 2. The first-order valence-corrected chi connectivity index (χ1v) is 22.6. The molecule has 8 aromatic carbocycles. The number of hydrogen-bond acceptors (Lipinski definition) is 2. The summed E-state index contributed by atoms with van der Waals surface area (Å²) >= 11 is 0. The van der Waals surface area contributed by atoms with E-state index >= 15 is 0 Å². The standard InChI is InChI=1S/C61H56N2/c1-47-43-53(37-39-59(47)62(55-33-19-9-20-34-55)45-57(49-25-11-5-12-26-49)50-27-13-6-14-28-50)61(41-23-3-4-24-42-61)54-38-40-60(48(2)44-54)63(56-35-21-10-22-36-56)46-58(51-29-15-7-16-30-51)52-31-17-8-18-32-52/h5-22,25-40,43-46H,3-4,23-24,41-42H2,1-2H3. The molecule has 0 unspecified atom stereocenters. The van der Waals surface area contributed by atoms with E-state index in [-0.39, 0.29) is 5.41 Å². The first-order chi connectivity index (χ1) is 31.1. The van der Waals surface area contributed by atoms with Gasteiger partial charge in [0.2, 0.25) is 0 Å². The van der Waals surface area contributed by atoms with Crippen molar-refractivity contribution in [3.05, 3.63) is 275 Å². The van der Waals surface area contributed by atoms with Crippen LogP contribution in [0.3, 0.4) is 0 Å². The van der Waals surface area contributed by atoms with E-state index in [1.165, 1.54) is 92.7 Å². The molecule has 1 aliphatic rings. The van der Waals surface area contributed by atoms with E-state index in [2.05, 4.69) is 254 Å². The largest absolute Gasteiger partial charge is 0.316 e. The van der Waals surface area contributed by atoms with Crippen LogP contribution < -0.4 is 9.80 Å². The van der Waals surface area contributed by atoms with Crippen LogP contribution in [0.25, 0.3) is 11.1 Å². The van der Waals surface area contributed by atoms with Crippen molar-refractivity contribution in [3.8, 4) is 0 Å². The monoisotopic (exact) mass is 816 g/mol. The molecule has 0 heterocycles. The fourth-order valence-corrected chi connectivity index (χ4v) is 9.63. The molecule has 0 N–H and O–H groups in total. The van der Waals surface area contributed by atoms with Gasteiger partial charge >= 0.3 is 0 Å². The maximum Gasteiger partial charge on any atom is 0.0485 e. The van der Waals surface area contributed by atoms with Gasteiger partial charge in [0.1, 0.15) is 0 Å². The number of para-hydroxylation sites is 2. The highest BCUT2D eigenvalue weighted by Crippen LogP contribution is 2.47. The van der Waals surface area contributed by atoms with E-state index in [0.717, 1.165) is 24.2 Å². The molecule has 1 fully saturated rings. The molecule has 0 aromatic heterocycles. The van der Waals surface area contributed by atoms with Crippen molar-refractivity contribution in [1.29, 1.82) is 0 Å². The molecule has 1 aliphatic carbocycles. The molecule has 9 rings (SSSR count). The Morgan fingerprint density at radius 2 is 0.667 bits per heavy atom. The van der Waals surface area contributed by atoms with Crippen LogP contribution >= 0.6 is 0 Å². The second-order valence-electron chi connectivity index (χ2n) is 17.0. The second kappa shape index (κ2) is 19.3. The van der Waals surface area contributed by atoms with Gasteiger partial charge < -0.3 is 9.80 Å². The molecule has 0 spiro atoms. The van der Waals surface area contributed by atoms with Crippen LogP contribution in [-0.4, -0.2) is 0 Å². The maximum absolute atomic E-state index is 2.50. The minimum Gasteiger partial charge on any atom is -0.316 e. The Bertz CT molecular complexity index is 2500. The van der Waals surface area contributed by atoms with Crippen molar-refractivity contribution in [2.45, 2.75) is 57.8 Å². The lowest BCUT2D eigenvalue weighted by Crippen LogP contribution is -2.28. The van der Waals surface area contributed by atoms with Crippen molar-refractivity contribution in [1.82, 2.24) is 0 Å². The summed E-state index contributed by atoms with van der Waals surface area (Å²) < 4.78 is 0. The summed E-state index contributed by atoms with van der Waals surface area (Å²) in [7, 11) is 0. The highest BCUT2D eigenvalue weighted by Gasteiger charge is 2.36. The number of anilines is 4. The fourth-order valence-electron chi connectivity index (χ4n) is 9.63. The Kier molecular flexibility index (Phi) is 12.6. The highest BCUT2D eigenvalue weighted by molar-refractivity contribution is 5.86. The average molecular weight is 817 g/mol. The number of hydrogen-bond donors (Lipinski definition) is 0. The maximum atomic E-state index is 2.50. The average Bonchev–Trinajstić information content (AvgIpc) is 3.62. The molecule has 0 atom stereocenters. The van der Waals surface area contributed by atoms with Gasteiger partial charge in [-0.1, -0.05) is 208 Å². The molecule has 310 valence electrons. The molecule has 63 heavy (non-hydrogen) atoms. The van der Waals surface area contributed by atoms with Crippen LogP contribution in [0.5, 0.6) is 0 Å². The molecule has 1 saturated carbocycles. The van der Waals surface area contributed by atoms with E-state index in [4.69, 9.17) is 0 Å². The van der Waals surface area contributed by atoms with Crippen LogP contribution in [0.2, 0.25) is 0 Å². The Morgan fingerprint density at radius 1 is 0.365 bits per heavy atom. The first-order valence-electron chi connectivity index (χ1n) is 22.6. The minimum atomic E-state index is -0.0949. The summed E-state index contributed by atoms with van der Waals surface area (Å²) in [5, 5.41) is 0. The molecule has 0 aliphatic heterocycles. The van der Waals surface area contributed by atoms with Crippen LogP contribution in [0.15, 0.2) is 231 Å². The third-order valence-corrected chi connectivity index (χ3v) is 12.9. The van der Waals surface area contributed by atoms with Gasteiger partial charge in [-0.2, -0.15) is 0 Å². The van der Waals surface area contributed by atoms with E-state index in [1.807, 2.05) is 0 Å². The van der Waals surface area contributed by atoms with Gasteiger partial charge in [-0.3, -0.25) is 0 Å². The third kappa shape index (κ3) is 9.08. The lowest BCUT2D eigenvalue weighted by Gasteiger charge is -2.36. The van der Waals surface area contributed by atoms with E-state index in [1.54, 1.807) is 0 Å². The summed E-state index contributed by atoms with van der Waals surface area (Å²) in [6.07, 6.45) is 11.9. The molecule has 0 amide bonds. The van der Waals surface area contributed by atoms with Gasteiger partial charge in [0, 0.05) is 51.7 Å². The molecule has 0 bridgehead atoms. The fraction of sp³-hybridized carbons (Fsp3) is 0.148. The van der Waals surface area contributed by atoms with Gasteiger partial charge in [0.05, 0.1) is 0 Å². The van der Waals surface area contributed by atoms with Crippen molar-refractivity contribution in [2.24, 2.45) is 0 Å². The molecular weight excluding hydrogens is 761 g/mol. The van der Waals surface area contributed by atoms with Gasteiger partial charge in [-0.05, 0) is 108 Å². The zero-order valence-electron chi connectivity index (χ0n) is 36.6. The zero-order valence-corrected chi connectivity index (χ0v) is 36.6. The summed E-state index contributed by atoms with van der Waals surface area (Å²) in [6.45, 7) is 4.60. The van der Waals surface area contributed by atoms with E-state index in [9.17, 15) is 0 Å². The summed E-state index contributed by atoms with van der Waals surface area (Å²) in [5.74, 6) is 0. The lowest BCUT2D eigenvalue weighted by atomic mass is 9.68. The normalized spacial score (nSPS) is 13.3. The summed E-state index contributed by atoms with van der Waals surface area (Å²) in [4.78, 5) is 4.77. The second-order valence-corrected chi connectivity index (χ2v) is 17.0. The molecule has 2 nitrogen and oxygen atoms in total. The Morgan fingerprint density at radius 3 is 0.968 bits per heavy atom. The van der Waals surface area contributed by atoms with Crippen LogP contribution in [0.4, 0.5) is 22.7 Å². The first kappa shape index (κ1) is 41.2. The van der Waals surface area contributed by atoms with Crippen molar-refractivity contribution < 1.29 is 0 Å². The number of aryl methyl sites for hydroxylation is 2. The van der Waals surface area contributed by atoms with Crippen LogP contribution in [0, 0.1) is 13.8 Å². The Balaban J connectivity index is 1.15. The quantitative estimate of drug-likeness (QED) is 0.113. The third-order valence-electron chi connectivity index (χ3n) is 12.9. The molecule has 2 heteroatoms. The molecule has 8 aromatic rings.